The predicted molar refractivity (Wildman–Crippen MR) is 83.2 cm³/mol. The Labute approximate surface area is 141 Å². The monoisotopic (exact) mass is 351 g/mol. The zero-order valence-corrected chi connectivity index (χ0v) is 13.0. The fourth-order valence-corrected chi connectivity index (χ4v) is 2.33. The molecule has 3 aromatic rings. The first-order chi connectivity index (χ1) is 11.4. The Morgan fingerprint density at radius 2 is 1.88 bits per heavy atom. The first-order valence-corrected chi connectivity index (χ1v) is 7.33. The summed E-state index contributed by atoms with van der Waals surface area (Å²) in [7, 11) is 0. The molecule has 0 fully saturated rings. The SMILES string of the molecule is FC(F)(F)c1cc(COc2[c]cccc2)n(-c2ccccc2Cl)n1. The molecule has 1 heterocycles. The Morgan fingerprint density at radius 3 is 2.54 bits per heavy atom. The van der Waals surface area contributed by atoms with Crippen LogP contribution in [-0.2, 0) is 12.8 Å². The van der Waals surface area contributed by atoms with E-state index in [0.29, 0.717) is 16.5 Å². The molecule has 0 aliphatic carbocycles. The van der Waals surface area contributed by atoms with E-state index in [1.54, 1.807) is 48.5 Å². The lowest BCUT2D eigenvalue weighted by Crippen LogP contribution is -2.08. The first kappa shape index (κ1) is 16.4. The van der Waals surface area contributed by atoms with Gasteiger partial charge in [-0.1, -0.05) is 41.9 Å². The molecule has 0 unspecified atom stereocenters. The number of ether oxygens (including phenoxy) is 1. The molecular weight excluding hydrogens is 341 g/mol. The number of alkyl halides is 3. The van der Waals surface area contributed by atoms with Crippen molar-refractivity contribution in [3.05, 3.63) is 77.1 Å². The molecule has 3 nitrogen and oxygen atoms in total. The van der Waals surface area contributed by atoms with E-state index in [0.717, 1.165) is 10.7 Å². The number of hydrogen-bond donors (Lipinski definition) is 0. The molecule has 0 saturated heterocycles. The Bertz CT molecular complexity index is 831. The molecule has 3 rings (SSSR count). The minimum atomic E-state index is -4.56. The molecule has 2 aromatic carbocycles. The van der Waals surface area contributed by atoms with Gasteiger partial charge in [-0.25, -0.2) is 4.68 Å². The quantitative estimate of drug-likeness (QED) is 0.667. The lowest BCUT2D eigenvalue weighted by atomic mass is 10.3. The van der Waals surface area contributed by atoms with Crippen molar-refractivity contribution in [1.82, 2.24) is 9.78 Å². The van der Waals surface area contributed by atoms with Gasteiger partial charge >= 0.3 is 6.18 Å². The second-order valence-corrected chi connectivity index (χ2v) is 5.30. The lowest BCUT2D eigenvalue weighted by Gasteiger charge is -2.10. The number of halogens is 4. The maximum atomic E-state index is 13.0. The van der Waals surface area contributed by atoms with E-state index in [4.69, 9.17) is 16.3 Å². The summed E-state index contributed by atoms with van der Waals surface area (Å²) < 4.78 is 45.7. The standard InChI is InChI=1S/C17H11ClF3N2O/c18-14-8-4-5-9-15(14)23-12(10-16(22-23)17(19,20)21)11-24-13-6-2-1-3-7-13/h1-6,8-10H,11H2. The second-order valence-electron chi connectivity index (χ2n) is 4.90. The Kier molecular flexibility index (Phi) is 4.49. The van der Waals surface area contributed by atoms with Crippen LogP contribution >= 0.6 is 11.6 Å². The molecule has 0 atom stereocenters. The summed E-state index contributed by atoms with van der Waals surface area (Å²) in [5.74, 6) is 0.429. The van der Waals surface area contributed by atoms with Crippen LogP contribution in [0, 0.1) is 6.07 Å². The van der Waals surface area contributed by atoms with E-state index < -0.39 is 11.9 Å². The van der Waals surface area contributed by atoms with Crippen molar-refractivity contribution in [2.24, 2.45) is 0 Å². The largest absolute Gasteiger partial charge is 0.487 e. The van der Waals surface area contributed by atoms with Crippen LogP contribution in [0.4, 0.5) is 13.2 Å². The normalized spacial score (nSPS) is 11.5. The van der Waals surface area contributed by atoms with Crippen LogP contribution in [-0.4, -0.2) is 9.78 Å². The molecular formula is C17H11ClF3N2O. The second kappa shape index (κ2) is 6.57. The number of rotatable bonds is 4. The minimum absolute atomic E-state index is 0.102. The van der Waals surface area contributed by atoms with E-state index in [-0.39, 0.29) is 12.3 Å². The van der Waals surface area contributed by atoms with Gasteiger partial charge in [0.1, 0.15) is 12.4 Å². The van der Waals surface area contributed by atoms with Gasteiger partial charge in [0.05, 0.1) is 16.4 Å². The summed E-state index contributed by atoms with van der Waals surface area (Å²) in [5.41, 5.74) is -0.420. The molecule has 0 saturated carbocycles. The van der Waals surface area contributed by atoms with Gasteiger partial charge in [0.2, 0.25) is 0 Å². The van der Waals surface area contributed by atoms with E-state index in [9.17, 15) is 13.2 Å². The third-order valence-corrected chi connectivity index (χ3v) is 3.53. The molecule has 123 valence electrons. The average Bonchev–Trinajstić information content (AvgIpc) is 2.99. The lowest BCUT2D eigenvalue weighted by molar-refractivity contribution is -0.141. The van der Waals surface area contributed by atoms with Crippen LogP contribution in [0.5, 0.6) is 5.75 Å². The number of hydrogen-bond acceptors (Lipinski definition) is 2. The minimum Gasteiger partial charge on any atom is -0.487 e. The summed E-state index contributed by atoms with van der Waals surface area (Å²) in [6.07, 6.45) is -4.56. The molecule has 7 heteroatoms. The molecule has 0 aliphatic heterocycles. The van der Waals surface area contributed by atoms with Gasteiger partial charge in [0.15, 0.2) is 5.69 Å². The van der Waals surface area contributed by atoms with Crippen molar-refractivity contribution < 1.29 is 17.9 Å². The van der Waals surface area contributed by atoms with Gasteiger partial charge in [-0.15, -0.1) is 0 Å². The summed E-state index contributed by atoms with van der Waals surface area (Å²) in [6, 6.07) is 17.2. The Balaban J connectivity index is 1.97. The summed E-state index contributed by atoms with van der Waals surface area (Å²) in [5, 5.41) is 3.94. The molecule has 24 heavy (non-hydrogen) atoms. The fourth-order valence-electron chi connectivity index (χ4n) is 2.11. The van der Waals surface area contributed by atoms with Gasteiger partial charge in [0.25, 0.3) is 0 Å². The predicted octanol–water partition coefficient (Wildman–Crippen LogP) is 4.92. The van der Waals surface area contributed by atoms with Gasteiger partial charge in [-0.05, 0) is 24.3 Å². The summed E-state index contributed by atoms with van der Waals surface area (Å²) in [4.78, 5) is 0. The topological polar surface area (TPSA) is 27.1 Å². The van der Waals surface area contributed by atoms with Crippen molar-refractivity contribution >= 4 is 11.6 Å². The maximum Gasteiger partial charge on any atom is 0.435 e. The molecule has 0 amide bonds. The third-order valence-electron chi connectivity index (χ3n) is 3.21. The van der Waals surface area contributed by atoms with Crippen molar-refractivity contribution in [2.75, 3.05) is 0 Å². The highest BCUT2D eigenvalue weighted by molar-refractivity contribution is 6.32. The number of para-hydroxylation sites is 2. The van der Waals surface area contributed by atoms with Gasteiger partial charge in [-0.3, -0.25) is 0 Å². The van der Waals surface area contributed by atoms with E-state index in [1.165, 1.54) is 0 Å². The molecule has 0 aliphatic rings. The average molecular weight is 352 g/mol. The van der Waals surface area contributed by atoms with Crippen LogP contribution in [0.25, 0.3) is 5.69 Å². The highest BCUT2D eigenvalue weighted by Gasteiger charge is 2.35. The van der Waals surface area contributed by atoms with Crippen LogP contribution in [0.15, 0.2) is 54.6 Å². The molecule has 0 spiro atoms. The van der Waals surface area contributed by atoms with Crippen LogP contribution in [0.3, 0.4) is 0 Å². The molecule has 0 bridgehead atoms. The fraction of sp³-hybridized carbons (Fsp3) is 0.118. The molecule has 1 radical (unpaired) electrons. The Hall–Kier alpha value is -2.47. The van der Waals surface area contributed by atoms with Crippen LogP contribution in [0.2, 0.25) is 5.02 Å². The summed E-state index contributed by atoms with van der Waals surface area (Å²) >= 11 is 6.08. The van der Waals surface area contributed by atoms with Crippen molar-refractivity contribution in [2.45, 2.75) is 12.8 Å². The zero-order chi connectivity index (χ0) is 17.2. The highest BCUT2D eigenvalue weighted by atomic mass is 35.5. The highest BCUT2D eigenvalue weighted by Crippen LogP contribution is 2.31. The Morgan fingerprint density at radius 1 is 1.12 bits per heavy atom. The van der Waals surface area contributed by atoms with Crippen LogP contribution < -0.4 is 4.74 Å². The van der Waals surface area contributed by atoms with E-state index in [2.05, 4.69) is 11.2 Å². The van der Waals surface area contributed by atoms with Gasteiger partial charge in [0, 0.05) is 6.07 Å². The van der Waals surface area contributed by atoms with Crippen LogP contribution in [0.1, 0.15) is 11.4 Å². The molecule has 1 aromatic heterocycles. The van der Waals surface area contributed by atoms with Crippen molar-refractivity contribution in [3.63, 3.8) is 0 Å². The van der Waals surface area contributed by atoms with Crippen molar-refractivity contribution in [3.8, 4) is 11.4 Å². The van der Waals surface area contributed by atoms with Crippen molar-refractivity contribution in [1.29, 1.82) is 0 Å². The smallest absolute Gasteiger partial charge is 0.435 e. The number of aromatic nitrogens is 2. The third kappa shape index (κ3) is 3.54. The van der Waals surface area contributed by atoms with Gasteiger partial charge in [-0.2, -0.15) is 18.3 Å². The maximum absolute atomic E-state index is 13.0. The zero-order valence-electron chi connectivity index (χ0n) is 12.2. The summed E-state index contributed by atoms with van der Waals surface area (Å²) in [6.45, 7) is -0.102. The van der Waals surface area contributed by atoms with E-state index >= 15 is 0 Å². The number of nitrogens with zero attached hydrogens (tertiary/aromatic N) is 2. The molecule has 0 N–H and O–H groups in total. The first-order valence-electron chi connectivity index (χ1n) is 6.96. The van der Waals surface area contributed by atoms with Gasteiger partial charge < -0.3 is 4.74 Å². The number of benzene rings is 2. The van der Waals surface area contributed by atoms with E-state index in [1.807, 2.05) is 0 Å².